The number of H-pyrrole nitrogens is 1. The summed E-state index contributed by atoms with van der Waals surface area (Å²) in [5, 5.41) is 17.4. The van der Waals surface area contributed by atoms with Gasteiger partial charge in [0.05, 0.1) is 35.9 Å². The summed E-state index contributed by atoms with van der Waals surface area (Å²) in [5.74, 6) is 0.618. The topological polar surface area (TPSA) is 114 Å². The second kappa shape index (κ2) is 12.0. The lowest BCUT2D eigenvalue weighted by Crippen LogP contribution is -2.57. The van der Waals surface area contributed by atoms with Crippen LogP contribution in [-0.2, 0) is 11.2 Å². The van der Waals surface area contributed by atoms with Gasteiger partial charge in [0, 0.05) is 24.3 Å². The van der Waals surface area contributed by atoms with Crippen LogP contribution in [0, 0.1) is 11.3 Å². The van der Waals surface area contributed by atoms with Crippen molar-refractivity contribution in [3.05, 3.63) is 95.6 Å². The van der Waals surface area contributed by atoms with Crippen molar-refractivity contribution in [2.75, 3.05) is 30.4 Å². The van der Waals surface area contributed by atoms with E-state index >= 15 is 0 Å². The number of anilines is 1. The molecular weight excluding hydrogens is 508 g/mol. The van der Waals surface area contributed by atoms with Crippen molar-refractivity contribution in [3.63, 3.8) is 0 Å². The zero-order valence-corrected chi connectivity index (χ0v) is 22.5. The molecular formula is C30H30N6O2S. The van der Waals surface area contributed by atoms with Crippen LogP contribution in [0.1, 0.15) is 39.6 Å². The van der Waals surface area contributed by atoms with Crippen LogP contribution in [0.2, 0.25) is 0 Å². The molecule has 8 nitrogen and oxygen atoms in total. The Hall–Kier alpha value is -4.29. The number of rotatable bonds is 9. The Bertz CT molecular complexity index is 1500. The van der Waals surface area contributed by atoms with Crippen LogP contribution in [0.3, 0.4) is 0 Å². The number of carbonyl (C=O) groups is 2. The molecule has 0 radical (unpaired) electrons. The number of hydrogen-bond acceptors (Lipinski definition) is 6. The molecule has 3 N–H and O–H groups in total. The minimum atomic E-state index is -0.452. The van der Waals surface area contributed by atoms with E-state index in [1.165, 1.54) is 0 Å². The van der Waals surface area contributed by atoms with E-state index < -0.39 is 6.04 Å². The van der Waals surface area contributed by atoms with Crippen molar-refractivity contribution >= 4 is 40.0 Å². The lowest BCUT2D eigenvalue weighted by molar-refractivity contribution is -0.127. The number of nitriles is 1. The second-order valence-electron chi connectivity index (χ2n) is 9.55. The van der Waals surface area contributed by atoms with Crippen molar-refractivity contribution in [1.29, 1.82) is 5.26 Å². The second-order valence-corrected chi connectivity index (χ2v) is 10.5. The highest BCUT2D eigenvalue weighted by Gasteiger charge is 2.33. The highest BCUT2D eigenvalue weighted by molar-refractivity contribution is 7.98. The molecule has 1 fully saturated rings. The number of hydrogen-bond donors (Lipinski definition) is 3. The smallest absolute Gasteiger partial charge is 0.255 e. The van der Waals surface area contributed by atoms with Crippen LogP contribution in [0.15, 0.2) is 73.2 Å². The number of piperazine rings is 1. The summed E-state index contributed by atoms with van der Waals surface area (Å²) < 4.78 is 0. The Morgan fingerprint density at radius 1 is 1.23 bits per heavy atom. The van der Waals surface area contributed by atoms with Gasteiger partial charge in [0.25, 0.3) is 5.91 Å². The predicted octanol–water partition coefficient (Wildman–Crippen LogP) is 4.52. The van der Waals surface area contributed by atoms with Crippen LogP contribution in [-0.4, -0.2) is 57.8 Å². The molecule has 0 spiro atoms. The number of benzene rings is 3. The van der Waals surface area contributed by atoms with Crippen LogP contribution in [0.4, 0.5) is 5.69 Å². The van der Waals surface area contributed by atoms with E-state index in [4.69, 9.17) is 5.26 Å². The fraction of sp³-hybridized carbons (Fsp3) is 0.267. The monoisotopic (exact) mass is 538 g/mol. The molecule has 1 unspecified atom stereocenters. The number of nitrogens with one attached hydrogen (secondary N) is 3. The van der Waals surface area contributed by atoms with Crippen molar-refractivity contribution < 1.29 is 9.59 Å². The molecule has 0 bridgehead atoms. The summed E-state index contributed by atoms with van der Waals surface area (Å²) in [6.45, 7) is 0.967. The number of imidazole rings is 1. The molecule has 2 amide bonds. The first-order valence-electron chi connectivity index (χ1n) is 12.9. The average molecular weight is 539 g/mol. The van der Waals surface area contributed by atoms with Gasteiger partial charge < -0.3 is 20.5 Å². The number of carbonyl (C=O) groups excluding carboxylic acids is 2. The first-order valence-corrected chi connectivity index (χ1v) is 14.3. The molecule has 1 saturated heterocycles. The predicted molar refractivity (Wildman–Crippen MR) is 155 cm³/mol. The number of amides is 2. The van der Waals surface area contributed by atoms with E-state index in [1.807, 2.05) is 66.9 Å². The highest BCUT2D eigenvalue weighted by atomic mass is 32.2. The van der Waals surface area contributed by atoms with Crippen molar-refractivity contribution in [2.24, 2.45) is 0 Å². The van der Waals surface area contributed by atoms with Gasteiger partial charge in [-0.2, -0.15) is 17.0 Å². The van der Waals surface area contributed by atoms with Crippen LogP contribution in [0.5, 0.6) is 0 Å². The summed E-state index contributed by atoms with van der Waals surface area (Å²) in [4.78, 5) is 35.4. The van der Waals surface area contributed by atoms with Gasteiger partial charge in [-0.15, -0.1) is 0 Å². The minimum absolute atomic E-state index is 0.0771. The van der Waals surface area contributed by atoms with Gasteiger partial charge in [-0.05, 0) is 71.5 Å². The summed E-state index contributed by atoms with van der Waals surface area (Å²) >= 11 is 1.67. The Kier molecular flexibility index (Phi) is 8.13. The maximum atomic E-state index is 13.7. The number of thioether (sulfide) groups is 1. The lowest BCUT2D eigenvalue weighted by atomic mass is 9.99. The van der Waals surface area contributed by atoms with Crippen LogP contribution in [0.25, 0.3) is 10.8 Å². The van der Waals surface area contributed by atoms with E-state index in [0.29, 0.717) is 37.1 Å². The summed E-state index contributed by atoms with van der Waals surface area (Å²) in [7, 11) is 0. The van der Waals surface area contributed by atoms with E-state index in [-0.39, 0.29) is 17.9 Å². The van der Waals surface area contributed by atoms with E-state index in [1.54, 1.807) is 29.2 Å². The largest absolute Gasteiger partial charge is 0.376 e. The lowest BCUT2D eigenvalue weighted by Gasteiger charge is -2.35. The van der Waals surface area contributed by atoms with E-state index in [0.717, 1.165) is 33.5 Å². The van der Waals surface area contributed by atoms with Crippen LogP contribution >= 0.6 is 11.8 Å². The van der Waals surface area contributed by atoms with Gasteiger partial charge in [0.1, 0.15) is 6.04 Å². The third kappa shape index (κ3) is 5.91. The van der Waals surface area contributed by atoms with Crippen molar-refractivity contribution in [3.8, 4) is 6.07 Å². The maximum Gasteiger partial charge on any atom is 0.255 e. The average Bonchev–Trinajstić information content (AvgIpc) is 3.51. The van der Waals surface area contributed by atoms with Gasteiger partial charge in [-0.25, -0.2) is 4.98 Å². The fourth-order valence-corrected chi connectivity index (χ4v) is 5.50. The molecule has 1 aliphatic rings. The van der Waals surface area contributed by atoms with Crippen molar-refractivity contribution in [2.45, 2.75) is 24.9 Å². The molecule has 4 aromatic rings. The first kappa shape index (κ1) is 26.3. The zero-order chi connectivity index (χ0) is 27.2. The van der Waals surface area contributed by atoms with Crippen LogP contribution < -0.4 is 10.6 Å². The van der Waals surface area contributed by atoms with E-state index in [9.17, 15) is 9.59 Å². The quantitative estimate of drug-likeness (QED) is 0.289. The minimum Gasteiger partial charge on any atom is -0.376 e. The Morgan fingerprint density at radius 2 is 2.08 bits per heavy atom. The molecule has 9 heteroatoms. The van der Waals surface area contributed by atoms with Gasteiger partial charge in [-0.3, -0.25) is 9.59 Å². The molecule has 2 heterocycles. The molecule has 0 aliphatic carbocycles. The molecule has 39 heavy (non-hydrogen) atoms. The van der Waals surface area contributed by atoms with Gasteiger partial charge in [-0.1, -0.05) is 30.3 Å². The number of nitrogens with zero attached hydrogens (tertiary/aromatic N) is 3. The Morgan fingerprint density at radius 3 is 2.82 bits per heavy atom. The molecule has 3 aromatic carbocycles. The normalized spacial score (nSPS) is 15.9. The summed E-state index contributed by atoms with van der Waals surface area (Å²) in [6, 6.07) is 20.9. The fourth-order valence-electron chi connectivity index (χ4n) is 5.04. The molecule has 5 rings (SSSR count). The summed E-state index contributed by atoms with van der Waals surface area (Å²) in [5.41, 5.74) is 4.19. The maximum absolute atomic E-state index is 13.7. The summed E-state index contributed by atoms with van der Waals surface area (Å²) in [6.07, 6.45) is 6.80. The third-order valence-corrected chi connectivity index (χ3v) is 7.70. The third-order valence-electron chi connectivity index (χ3n) is 7.06. The van der Waals surface area contributed by atoms with Gasteiger partial charge in [0.15, 0.2) is 0 Å². The number of aromatic amines is 1. The number of fused-ring (bicyclic) bond motifs is 1. The first-order chi connectivity index (χ1) is 19.1. The SMILES string of the molecule is CSCC[C@H]1C(=O)NCCN1C(=O)c1cccc2cc(NC(Cc3ccc(C#N)cc3)c3cnc[nH]3)ccc12. The van der Waals surface area contributed by atoms with Crippen molar-refractivity contribution in [1.82, 2.24) is 20.2 Å². The number of aromatic nitrogens is 2. The zero-order valence-electron chi connectivity index (χ0n) is 21.7. The molecule has 1 aliphatic heterocycles. The molecule has 0 saturated carbocycles. The molecule has 198 valence electrons. The molecule has 1 aromatic heterocycles. The van der Waals surface area contributed by atoms with Gasteiger partial charge in [0.2, 0.25) is 5.91 Å². The Balaban J connectivity index is 1.40. The Labute approximate surface area is 231 Å². The van der Waals surface area contributed by atoms with E-state index in [2.05, 4.69) is 26.7 Å². The molecule has 2 atom stereocenters. The van der Waals surface area contributed by atoms with Gasteiger partial charge >= 0.3 is 0 Å². The standard InChI is InChI=1S/C30H30N6O2S/c1-39-14-11-28-29(37)33-12-13-36(28)30(38)25-4-2-3-22-16-23(9-10-24(22)25)35-26(27-18-32-19-34-27)15-20-5-7-21(17-31)8-6-20/h2-10,16,18-19,26,28,35H,11-15H2,1H3,(H,32,34)(H,33,37)/t26?,28-/m0/s1. The highest BCUT2D eigenvalue weighted by Crippen LogP contribution is 2.28.